The minimum atomic E-state index is -0.262. The summed E-state index contributed by atoms with van der Waals surface area (Å²) in [6.45, 7) is 2.15. The van der Waals surface area contributed by atoms with Crippen molar-refractivity contribution in [3.8, 4) is 0 Å². The summed E-state index contributed by atoms with van der Waals surface area (Å²) in [6.07, 6.45) is 5.89. The summed E-state index contributed by atoms with van der Waals surface area (Å²) >= 11 is 9.55. The molecular weight excluding hydrogens is 442 g/mol. The van der Waals surface area contributed by atoms with Gasteiger partial charge in [0.25, 0.3) is 5.91 Å². The number of fused-ring (bicyclic) bond motifs is 1. The summed E-state index contributed by atoms with van der Waals surface area (Å²) in [5.41, 5.74) is 8.84. The van der Waals surface area contributed by atoms with Gasteiger partial charge in [0.2, 0.25) is 0 Å². The van der Waals surface area contributed by atoms with Crippen molar-refractivity contribution in [2.24, 2.45) is 5.73 Å². The smallest absolute Gasteiger partial charge is 0.271 e. The van der Waals surface area contributed by atoms with Crippen molar-refractivity contribution in [1.29, 1.82) is 0 Å². The molecule has 2 aliphatic heterocycles. The number of likely N-dealkylation sites (tertiary alicyclic amines) is 1. The number of hydrogen-bond donors (Lipinski definition) is 2. The second kappa shape index (κ2) is 7.81. The van der Waals surface area contributed by atoms with Gasteiger partial charge in [0.1, 0.15) is 10.7 Å². The fourth-order valence-corrected chi connectivity index (χ4v) is 4.30. The van der Waals surface area contributed by atoms with E-state index in [0.717, 1.165) is 30.3 Å². The molecule has 1 aromatic carbocycles. The van der Waals surface area contributed by atoms with Crippen molar-refractivity contribution >= 4 is 38.5 Å². The molecule has 2 aliphatic rings. The van der Waals surface area contributed by atoms with Gasteiger partial charge in [0.15, 0.2) is 5.82 Å². The molecule has 4 rings (SSSR count). The lowest BCUT2D eigenvalue weighted by atomic mass is 9.78. The van der Waals surface area contributed by atoms with Crippen molar-refractivity contribution < 1.29 is 4.79 Å². The number of carbonyl (C=O) groups excluding carboxylic acids is 1. The Morgan fingerprint density at radius 2 is 1.82 bits per heavy atom. The molecule has 3 heterocycles. The summed E-state index contributed by atoms with van der Waals surface area (Å²) < 4.78 is 0.730. The maximum Gasteiger partial charge on any atom is 0.271 e. The molecule has 8 heteroatoms. The predicted molar refractivity (Wildman–Crippen MR) is 112 cm³/mol. The maximum atomic E-state index is 12.8. The van der Waals surface area contributed by atoms with E-state index in [1.165, 1.54) is 11.1 Å². The first-order chi connectivity index (χ1) is 13.5. The number of aromatic nitrogens is 2. The fourth-order valence-electron chi connectivity index (χ4n) is 3.91. The normalized spacial score (nSPS) is 19.1. The number of hydrogen-bond acceptors (Lipinski definition) is 5. The molecule has 0 unspecified atom stereocenters. The van der Waals surface area contributed by atoms with Crippen LogP contribution in [0.25, 0.3) is 5.03 Å². The molecule has 1 saturated heterocycles. The van der Waals surface area contributed by atoms with Crippen molar-refractivity contribution in [2.45, 2.75) is 31.3 Å². The van der Waals surface area contributed by atoms with Gasteiger partial charge in [-0.1, -0.05) is 35.9 Å². The van der Waals surface area contributed by atoms with Gasteiger partial charge in [-0.15, -0.1) is 0 Å². The molecule has 3 N–H and O–H groups in total. The molecule has 28 heavy (non-hydrogen) atoms. The van der Waals surface area contributed by atoms with Crippen LogP contribution in [0.4, 0.5) is 0 Å². The Hall–Kier alpha value is -1.96. The predicted octanol–water partition coefficient (Wildman–Crippen LogP) is 2.81. The van der Waals surface area contributed by atoms with Gasteiger partial charge in [-0.3, -0.25) is 4.79 Å². The van der Waals surface area contributed by atoms with Crippen molar-refractivity contribution in [1.82, 2.24) is 20.2 Å². The van der Waals surface area contributed by atoms with Gasteiger partial charge in [-0.2, -0.15) is 0 Å². The highest BCUT2D eigenvalue weighted by Crippen LogP contribution is 2.32. The van der Waals surface area contributed by atoms with E-state index in [1.54, 1.807) is 17.3 Å². The number of benzene rings is 1. The largest absolute Gasteiger partial charge is 0.393 e. The second-order valence-corrected chi connectivity index (χ2v) is 8.62. The monoisotopic (exact) mass is 461 g/mol. The quantitative estimate of drug-likeness (QED) is 0.671. The summed E-state index contributed by atoms with van der Waals surface area (Å²) in [7, 11) is 0. The number of nitrogens with zero attached hydrogens (tertiary/aromatic N) is 3. The average molecular weight is 463 g/mol. The molecule has 1 spiro atoms. The number of rotatable bonds is 2. The Morgan fingerprint density at radius 3 is 2.50 bits per heavy atom. The molecule has 1 aromatic heterocycles. The van der Waals surface area contributed by atoms with Gasteiger partial charge >= 0.3 is 0 Å². The number of halogens is 2. The van der Waals surface area contributed by atoms with Crippen LogP contribution >= 0.6 is 27.5 Å². The van der Waals surface area contributed by atoms with E-state index < -0.39 is 0 Å². The standard InChI is InChI=1S/C20H21BrClN5O/c21-15-11-24-18(25-12-15)16(22)17(23)19(28)27-7-5-20(6-8-27)9-13-3-1-2-4-14(13)10-26-20/h1-4,11-12,26H,5-10,23H2/b17-16+. The highest BCUT2D eigenvalue weighted by atomic mass is 79.9. The maximum absolute atomic E-state index is 12.8. The zero-order chi connectivity index (χ0) is 19.7. The first-order valence-electron chi connectivity index (χ1n) is 9.22. The summed E-state index contributed by atoms with van der Waals surface area (Å²) in [5.74, 6) is -0.0164. The van der Waals surface area contributed by atoms with Crippen LogP contribution in [0.1, 0.15) is 29.8 Å². The van der Waals surface area contributed by atoms with Crippen LogP contribution in [-0.4, -0.2) is 39.4 Å². The summed E-state index contributed by atoms with van der Waals surface area (Å²) in [6, 6.07) is 8.54. The SMILES string of the molecule is N/C(C(=O)N1CCC2(CC1)Cc1ccccc1CN2)=C(/Cl)c1ncc(Br)cn1. The number of piperidine rings is 1. The Balaban J connectivity index is 1.44. The molecule has 0 atom stereocenters. The first-order valence-corrected chi connectivity index (χ1v) is 10.4. The molecule has 6 nitrogen and oxygen atoms in total. The minimum Gasteiger partial charge on any atom is -0.393 e. The molecular formula is C20H21BrClN5O. The van der Waals surface area contributed by atoms with E-state index in [-0.39, 0.29) is 28.0 Å². The molecule has 1 amide bonds. The number of nitrogens with two attached hydrogens (primary N) is 1. The van der Waals surface area contributed by atoms with Crippen molar-refractivity contribution in [3.63, 3.8) is 0 Å². The van der Waals surface area contributed by atoms with Crippen LogP contribution in [0.2, 0.25) is 0 Å². The fraction of sp³-hybridized carbons (Fsp3) is 0.350. The van der Waals surface area contributed by atoms with Gasteiger partial charge in [-0.25, -0.2) is 9.97 Å². The summed E-state index contributed by atoms with van der Waals surface area (Å²) in [5, 5.41) is 3.79. The third-order valence-electron chi connectivity index (χ3n) is 5.59. The minimum absolute atomic E-state index is 0.0121. The van der Waals surface area contributed by atoms with Gasteiger partial charge in [0.05, 0.1) is 4.47 Å². The first kappa shape index (κ1) is 19.4. The topological polar surface area (TPSA) is 84.1 Å². The van der Waals surface area contributed by atoms with Crippen LogP contribution in [0, 0.1) is 0 Å². The molecule has 0 radical (unpaired) electrons. The van der Waals surface area contributed by atoms with E-state index in [0.29, 0.717) is 13.1 Å². The van der Waals surface area contributed by atoms with Crippen LogP contribution in [0.5, 0.6) is 0 Å². The second-order valence-electron chi connectivity index (χ2n) is 7.32. The molecule has 1 fully saturated rings. The van der Waals surface area contributed by atoms with E-state index in [4.69, 9.17) is 17.3 Å². The average Bonchev–Trinajstić information content (AvgIpc) is 2.73. The zero-order valence-electron chi connectivity index (χ0n) is 15.3. The number of amides is 1. The lowest BCUT2D eigenvalue weighted by molar-refractivity contribution is -0.128. The number of carbonyl (C=O) groups is 1. The van der Waals surface area contributed by atoms with Gasteiger partial charge in [0, 0.05) is 37.6 Å². The van der Waals surface area contributed by atoms with Crippen LogP contribution in [0.3, 0.4) is 0 Å². The Kier molecular flexibility index (Phi) is 5.40. The Labute approximate surface area is 177 Å². The van der Waals surface area contributed by atoms with Crippen molar-refractivity contribution in [3.05, 3.63) is 63.8 Å². The van der Waals surface area contributed by atoms with E-state index in [2.05, 4.69) is 55.5 Å². The van der Waals surface area contributed by atoms with Crippen molar-refractivity contribution in [2.75, 3.05) is 13.1 Å². The summed E-state index contributed by atoms with van der Waals surface area (Å²) in [4.78, 5) is 22.8. The third-order valence-corrected chi connectivity index (χ3v) is 6.37. The lowest BCUT2D eigenvalue weighted by Crippen LogP contribution is -2.57. The molecule has 0 aliphatic carbocycles. The third kappa shape index (κ3) is 3.79. The van der Waals surface area contributed by atoms with Gasteiger partial charge in [-0.05, 0) is 46.3 Å². The highest BCUT2D eigenvalue weighted by Gasteiger charge is 2.38. The van der Waals surface area contributed by atoms with Gasteiger partial charge < -0.3 is 16.0 Å². The lowest BCUT2D eigenvalue weighted by Gasteiger charge is -2.45. The Morgan fingerprint density at radius 1 is 1.18 bits per heavy atom. The number of nitrogens with one attached hydrogen (secondary N) is 1. The highest BCUT2D eigenvalue weighted by molar-refractivity contribution is 9.10. The Bertz CT molecular complexity index is 922. The van der Waals surface area contributed by atoms with E-state index >= 15 is 0 Å². The molecule has 0 saturated carbocycles. The van der Waals surface area contributed by atoms with E-state index in [1.807, 2.05) is 0 Å². The molecule has 2 aromatic rings. The van der Waals surface area contributed by atoms with Crippen LogP contribution in [-0.2, 0) is 17.8 Å². The molecule has 146 valence electrons. The molecule has 0 bridgehead atoms. The van der Waals surface area contributed by atoms with Crippen LogP contribution in [0.15, 0.2) is 46.8 Å². The van der Waals surface area contributed by atoms with Crippen LogP contribution < -0.4 is 11.1 Å². The zero-order valence-corrected chi connectivity index (χ0v) is 17.6. The van der Waals surface area contributed by atoms with E-state index in [9.17, 15) is 4.79 Å².